The van der Waals surface area contributed by atoms with Crippen LogP contribution in [0.15, 0.2) is 0 Å². The molecular weight excluding hydrogens is 335 g/mol. The average molecular weight is 362 g/mol. The maximum absolute atomic E-state index is 2.08. The van der Waals surface area contributed by atoms with Crippen LogP contribution >= 0.6 is 44.6 Å². The molecule has 5 heteroatoms. The molecule has 0 saturated carbocycles. The Morgan fingerprint density at radius 3 is 0.538 bits per heavy atom. The van der Waals surface area contributed by atoms with E-state index in [1.165, 1.54) is 11.8 Å². The van der Waals surface area contributed by atoms with E-state index >= 15 is 0 Å². The van der Waals surface area contributed by atoms with Gasteiger partial charge in [-0.2, -0.15) is 61.3 Å². The zero-order valence-electron chi connectivity index (χ0n) is 9.55. The molecule has 0 aliphatic rings. The Morgan fingerprint density at radius 1 is 0.538 bits per heavy atom. The maximum atomic E-state index is 2.08. The molecule has 0 saturated heterocycles. The fourth-order valence-corrected chi connectivity index (χ4v) is 0. The van der Waals surface area contributed by atoms with Crippen molar-refractivity contribution < 1.29 is 20.4 Å². The smallest absolute Gasteiger partial charge is 0.323 e. The Morgan fingerprint density at radius 2 is 0.538 bits per heavy atom. The Bertz CT molecular complexity index is 35.6. The van der Waals surface area contributed by atoms with Crippen molar-refractivity contribution in [1.29, 1.82) is 0 Å². The zero-order chi connectivity index (χ0) is 7.15. The van der Waals surface area contributed by atoms with Crippen molar-refractivity contribution in [2.75, 3.05) is 0 Å². The summed E-state index contributed by atoms with van der Waals surface area (Å²) in [7, 11) is 0. The van der Waals surface area contributed by atoms with Gasteiger partial charge in [-0.25, -0.2) is 0 Å². The maximum Gasteiger partial charge on any atom is 2.00 e. The Labute approximate surface area is 118 Å². The molecule has 0 amide bonds. The predicted molar refractivity (Wildman–Crippen MR) is 77.2 cm³/mol. The summed E-state index contributed by atoms with van der Waals surface area (Å²) in [4.78, 5) is 0. The van der Waals surface area contributed by atoms with Gasteiger partial charge in [0.15, 0.2) is 0 Å². The molecule has 2 atom stereocenters. The van der Waals surface area contributed by atoms with E-state index < -0.39 is 0 Å². The number of hydrogen-bond donors (Lipinski definition) is 0. The van der Waals surface area contributed by atoms with Crippen LogP contribution < -0.4 is 0 Å². The monoisotopic (exact) mass is 360 g/mol. The van der Waals surface area contributed by atoms with E-state index in [1.807, 2.05) is 0 Å². The van der Waals surface area contributed by atoms with Crippen LogP contribution in [0.4, 0.5) is 0 Å². The van der Waals surface area contributed by atoms with Crippen molar-refractivity contribution in [3.8, 4) is 0 Å². The molecule has 0 aromatic carbocycles. The van der Waals surface area contributed by atoms with Crippen molar-refractivity contribution in [1.82, 2.24) is 0 Å². The fraction of sp³-hybridized carbons (Fsp3) is 0.750. The van der Waals surface area contributed by atoms with Crippen LogP contribution in [0, 0.1) is 11.8 Å². The molecule has 0 nitrogen and oxygen atoms in total. The van der Waals surface area contributed by atoms with E-state index in [0.29, 0.717) is 0 Å². The van der Waals surface area contributed by atoms with E-state index in [1.54, 1.807) is 0 Å². The van der Waals surface area contributed by atoms with Gasteiger partial charge in [-0.05, 0) is 0 Å². The molecule has 0 aliphatic carbocycles. The second kappa shape index (κ2) is 36.9. The summed E-state index contributed by atoms with van der Waals surface area (Å²) in [6.45, 7) is 12.5. The van der Waals surface area contributed by atoms with Crippen LogP contribution in [0.3, 0.4) is 0 Å². The first-order valence-electron chi connectivity index (χ1n) is 3.00. The molecule has 0 aromatic rings. The molecule has 0 spiro atoms. The van der Waals surface area contributed by atoms with Gasteiger partial charge in [0.1, 0.15) is 0 Å². The summed E-state index contributed by atoms with van der Waals surface area (Å²) in [5, 5.41) is 0. The van der Waals surface area contributed by atoms with Gasteiger partial charge < -0.3 is 11.8 Å². The van der Waals surface area contributed by atoms with E-state index in [-0.39, 0.29) is 65.0 Å². The standard InChI is InChI=1S/2C4H9.2ClH.2H3P.Pd/c2*1-4(2)3;;;;;/h2*1-3H3;2*1H;2*1H3;/q2*-1;;;;;+2. The molecular formula is C8H26Cl2P2Pd. The second-order valence-electron chi connectivity index (χ2n) is 3.00. The molecule has 0 rings (SSSR count). The van der Waals surface area contributed by atoms with E-state index in [0.717, 1.165) is 0 Å². The molecule has 0 N–H and O–H groups in total. The van der Waals surface area contributed by atoms with Gasteiger partial charge >= 0.3 is 20.4 Å². The van der Waals surface area contributed by atoms with Crippen LogP contribution in [-0.2, 0) is 20.4 Å². The molecule has 92 valence electrons. The minimum absolute atomic E-state index is 0. The van der Waals surface area contributed by atoms with Crippen LogP contribution in [0.2, 0.25) is 0 Å². The quantitative estimate of drug-likeness (QED) is 0.345. The molecule has 0 aromatic heterocycles. The summed E-state index contributed by atoms with van der Waals surface area (Å²) in [6.07, 6.45) is 0. The summed E-state index contributed by atoms with van der Waals surface area (Å²) < 4.78 is 0. The van der Waals surface area contributed by atoms with Crippen molar-refractivity contribution in [2.45, 2.75) is 41.5 Å². The van der Waals surface area contributed by atoms with E-state index in [4.69, 9.17) is 0 Å². The van der Waals surface area contributed by atoms with Crippen LogP contribution in [0.5, 0.6) is 0 Å². The van der Waals surface area contributed by atoms with E-state index in [2.05, 4.69) is 41.5 Å². The molecule has 0 heterocycles. The topological polar surface area (TPSA) is 0 Å². The third-order valence-electron chi connectivity index (χ3n) is 0. The normalized spacial score (nSPS) is 5.54. The molecule has 0 bridgehead atoms. The van der Waals surface area contributed by atoms with Crippen LogP contribution in [-0.4, -0.2) is 0 Å². The summed E-state index contributed by atoms with van der Waals surface area (Å²) in [6, 6.07) is 0. The molecule has 0 radical (unpaired) electrons. The Hall–Kier alpha value is 2.10. The van der Waals surface area contributed by atoms with Gasteiger partial charge in [-0.15, -0.1) is 24.8 Å². The second-order valence-corrected chi connectivity index (χ2v) is 3.00. The molecule has 2 unspecified atom stereocenters. The first kappa shape index (κ1) is 45.8. The minimum Gasteiger partial charge on any atom is -0.323 e. The van der Waals surface area contributed by atoms with Crippen molar-refractivity contribution in [2.24, 2.45) is 0 Å². The number of halogens is 2. The van der Waals surface area contributed by atoms with Gasteiger partial charge in [0.25, 0.3) is 0 Å². The molecule has 0 fully saturated rings. The van der Waals surface area contributed by atoms with Gasteiger partial charge in [-0.3, -0.25) is 0 Å². The molecule has 0 aliphatic heterocycles. The number of rotatable bonds is 0. The molecule has 13 heavy (non-hydrogen) atoms. The van der Waals surface area contributed by atoms with Gasteiger partial charge in [0.2, 0.25) is 0 Å². The Balaban J connectivity index is -0.00000000800. The summed E-state index contributed by atoms with van der Waals surface area (Å²) >= 11 is 0. The van der Waals surface area contributed by atoms with Crippen molar-refractivity contribution in [3.05, 3.63) is 11.8 Å². The number of hydrogen-bond acceptors (Lipinski definition) is 0. The van der Waals surface area contributed by atoms with Crippen molar-refractivity contribution in [3.63, 3.8) is 0 Å². The van der Waals surface area contributed by atoms with Gasteiger partial charge in [-0.1, -0.05) is 0 Å². The summed E-state index contributed by atoms with van der Waals surface area (Å²) in [5.74, 6) is 2.83. The zero-order valence-corrected chi connectivity index (χ0v) is 15.6. The predicted octanol–water partition coefficient (Wildman–Crippen LogP) is 4.20. The van der Waals surface area contributed by atoms with Crippen LogP contribution in [0.25, 0.3) is 0 Å². The van der Waals surface area contributed by atoms with Crippen LogP contribution in [0.1, 0.15) is 41.5 Å². The van der Waals surface area contributed by atoms with Crippen molar-refractivity contribution >= 4 is 44.6 Å². The first-order valence-corrected chi connectivity index (χ1v) is 3.00. The van der Waals surface area contributed by atoms with Gasteiger partial charge in [0.05, 0.1) is 0 Å². The first-order chi connectivity index (χ1) is 3.46. The third kappa shape index (κ3) is 467. The summed E-state index contributed by atoms with van der Waals surface area (Å²) in [5.41, 5.74) is 0. The van der Waals surface area contributed by atoms with E-state index in [9.17, 15) is 0 Å². The van der Waals surface area contributed by atoms with Gasteiger partial charge in [0, 0.05) is 0 Å². The largest absolute Gasteiger partial charge is 2.00 e. The SMILES string of the molecule is C[C-](C)C.C[C-](C)C.Cl.Cl.P.P.[Pd+2]. The minimum atomic E-state index is 0. The Kier molecular flexibility index (Phi) is 130. The third-order valence-corrected chi connectivity index (χ3v) is 0. The fourth-order valence-electron chi connectivity index (χ4n) is 0. The average Bonchev–Trinajstić information content (AvgIpc) is 1.25.